The molecule has 0 radical (unpaired) electrons. The summed E-state index contributed by atoms with van der Waals surface area (Å²) < 4.78 is 27.1. The van der Waals surface area contributed by atoms with Gasteiger partial charge in [0.2, 0.25) is 0 Å². The van der Waals surface area contributed by atoms with Gasteiger partial charge in [0.1, 0.15) is 31.0 Å². The third-order valence-electron chi connectivity index (χ3n) is 4.35. The number of oxazole rings is 1. The van der Waals surface area contributed by atoms with Gasteiger partial charge < -0.3 is 28.3 Å². The lowest BCUT2D eigenvalue weighted by molar-refractivity contribution is 0.146. The Kier molecular flexibility index (Phi) is 8.56. The van der Waals surface area contributed by atoms with E-state index in [1.165, 1.54) is 0 Å². The van der Waals surface area contributed by atoms with Gasteiger partial charge in [-0.25, -0.2) is 4.98 Å². The number of hydrogen-bond donors (Lipinski definition) is 0. The van der Waals surface area contributed by atoms with Gasteiger partial charge >= 0.3 is 0 Å². The van der Waals surface area contributed by atoms with Crippen molar-refractivity contribution in [2.24, 2.45) is 0 Å². The number of aromatic nitrogens is 1. The van der Waals surface area contributed by atoms with Crippen molar-refractivity contribution in [1.82, 2.24) is 4.98 Å². The fourth-order valence-electron chi connectivity index (χ4n) is 2.96. The molecule has 160 valence electrons. The molecule has 1 heterocycles. The predicted molar refractivity (Wildman–Crippen MR) is 114 cm³/mol. The van der Waals surface area contributed by atoms with E-state index in [0.717, 1.165) is 22.6 Å². The summed E-state index contributed by atoms with van der Waals surface area (Å²) in [6.07, 6.45) is 3.23. The molecule has 0 aliphatic rings. The average Bonchev–Trinajstić information content (AvgIpc) is 3.29. The molecule has 3 rings (SSSR count). The first kappa shape index (κ1) is 21.7. The van der Waals surface area contributed by atoms with Crippen LogP contribution in [0.3, 0.4) is 0 Å². The Bertz CT molecular complexity index is 814. The Morgan fingerprint density at radius 2 is 1.37 bits per heavy atom. The topological polar surface area (TPSA) is 66.2 Å². The number of nitrogens with zero attached hydrogens (tertiary/aromatic N) is 2. The van der Waals surface area contributed by atoms with Crippen LogP contribution in [0.2, 0.25) is 0 Å². The summed E-state index contributed by atoms with van der Waals surface area (Å²) in [5, 5.41) is 0. The minimum atomic E-state index is 0.513. The van der Waals surface area contributed by atoms with Gasteiger partial charge in [0.15, 0.2) is 0 Å². The van der Waals surface area contributed by atoms with E-state index in [1.54, 1.807) is 26.7 Å². The zero-order chi connectivity index (χ0) is 21.0. The summed E-state index contributed by atoms with van der Waals surface area (Å²) in [5.41, 5.74) is 2.19. The van der Waals surface area contributed by atoms with Crippen molar-refractivity contribution in [3.05, 3.63) is 72.1 Å². The Morgan fingerprint density at radius 3 is 1.83 bits per heavy atom. The van der Waals surface area contributed by atoms with Crippen molar-refractivity contribution < 1.29 is 23.4 Å². The van der Waals surface area contributed by atoms with E-state index >= 15 is 0 Å². The van der Waals surface area contributed by atoms with Gasteiger partial charge in [-0.05, 0) is 35.4 Å². The van der Waals surface area contributed by atoms with Crippen molar-refractivity contribution in [2.45, 2.75) is 13.1 Å². The fourth-order valence-corrected chi connectivity index (χ4v) is 2.96. The van der Waals surface area contributed by atoms with E-state index in [9.17, 15) is 0 Å². The average molecular weight is 412 g/mol. The number of rotatable bonds is 13. The number of hydrogen-bond acceptors (Lipinski definition) is 7. The van der Waals surface area contributed by atoms with Crippen LogP contribution in [-0.2, 0) is 22.6 Å². The van der Waals surface area contributed by atoms with Crippen molar-refractivity contribution in [2.75, 3.05) is 45.5 Å². The lowest BCUT2D eigenvalue weighted by atomic mass is 10.1. The van der Waals surface area contributed by atoms with Crippen molar-refractivity contribution >= 4 is 6.01 Å². The van der Waals surface area contributed by atoms with Crippen molar-refractivity contribution in [1.29, 1.82) is 0 Å². The largest absolute Gasteiger partial charge is 0.491 e. The summed E-state index contributed by atoms with van der Waals surface area (Å²) in [6.45, 7) is 3.37. The predicted octanol–water partition coefficient (Wildman–Crippen LogP) is 3.93. The first-order valence-corrected chi connectivity index (χ1v) is 9.84. The van der Waals surface area contributed by atoms with Gasteiger partial charge in [-0.2, -0.15) is 0 Å². The van der Waals surface area contributed by atoms with E-state index in [4.69, 9.17) is 23.4 Å². The van der Waals surface area contributed by atoms with Crippen LogP contribution in [0, 0.1) is 0 Å². The molecule has 0 aliphatic heterocycles. The Hall–Kier alpha value is -3.03. The first-order chi connectivity index (χ1) is 14.8. The second-order valence-electron chi connectivity index (χ2n) is 6.65. The van der Waals surface area contributed by atoms with E-state index in [1.807, 2.05) is 36.4 Å². The molecule has 1 aromatic heterocycles. The molecule has 0 spiro atoms. The van der Waals surface area contributed by atoms with Crippen molar-refractivity contribution in [3.63, 3.8) is 0 Å². The molecule has 7 nitrogen and oxygen atoms in total. The molecule has 30 heavy (non-hydrogen) atoms. The molecule has 0 atom stereocenters. The highest BCUT2D eigenvalue weighted by Gasteiger charge is 2.14. The quantitative estimate of drug-likeness (QED) is 0.394. The van der Waals surface area contributed by atoms with Crippen LogP contribution in [0.5, 0.6) is 11.5 Å². The molecule has 0 N–H and O–H groups in total. The van der Waals surface area contributed by atoms with E-state index in [2.05, 4.69) is 22.0 Å². The van der Waals surface area contributed by atoms with E-state index in [0.29, 0.717) is 45.5 Å². The number of benzene rings is 2. The van der Waals surface area contributed by atoms with Crippen LogP contribution < -0.4 is 14.4 Å². The normalized spacial score (nSPS) is 10.7. The van der Waals surface area contributed by atoms with Gasteiger partial charge in [0.25, 0.3) is 6.01 Å². The van der Waals surface area contributed by atoms with Crippen LogP contribution in [0.1, 0.15) is 11.1 Å². The van der Waals surface area contributed by atoms with Crippen molar-refractivity contribution in [3.8, 4) is 11.5 Å². The maximum Gasteiger partial charge on any atom is 0.297 e. The fraction of sp³-hybridized carbons (Fsp3) is 0.348. The van der Waals surface area contributed by atoms with Gasteiger partial charge in [-0.1, -0.05) is 24.3 Å². The van der Waals surface area contributed by atoms with Crippen LogP contribution in [-0.4, -0.2) is 45.6 Å². The summed E-state index contributed by atoms with van der Waals surface area (Å²) in [4.78, 5) is 6.41. The highest BCUT2D eigenvalue weighted by Crippen LogP contribution is 2.22. The molecule has 2 aromatic carbocycles. The molecule has 0 fully saturated rings. The number of anilines is 1. The molecular formula is C23H28N2O5. The lowest BCUT2D eigenvalue weighted by Gasteiger charge is -2.21. The molecular weight excluding hydrogens is 384 g/mol. The van der Waals surface area contributed by atoms with Gasteiger partial charge in [0.05, 0.1) is 19.4 Å². The zero-order valence-electron chi connectivity index (χ0n) is 17.5. The second kappa shape index (κ2) is 11.8. The smallest absolute Gasteiger partial charge is 0.297 e. The number of ether oxygens (including phenoxy) is 4. The van der Waals surface area contributed by atoms with E-state index < -0.39 is 0 Å². The SMILES string of the molecule is COCCOc1cccc(CN(Cc2cccc(OCCOC)c2)c2ncco2)c1. The van der Waals surface area contributed by atoms with Gasteiger partial charge in [0, 0.05) is 27.3 Å². The summed E-state index contributed by atoms with van der Waals surface area (Å²) in [5.74, 6) is 1.62. The lowest BCUT2D eigenvalue weighted by Crippen LogP contribution is -2.22. The van der Waals surface area contributed by atoms with E-state index in [-0.39, 0.29) is 0 Å². The van der Waals surface area contributed by atoms with Crippen LogP contribution in [0.4, 0.5) is 6.01 Å². The Morgan fingerprint density at radius 1 is 0.800 bits per heavy atom. The second-order valence-corrected chi connectivity index (χ2v) is 6.65. The summed E-state index contributed by atoms with van der Waals surface area (Å²) >= 11 is 0. The van der Waals surface area contributed by atoms with Gasteiger partial charge in [-0.3, -0.25) is 0 Å². The molecule has 0 bridgehead atoms. The molecule has 0 aliphatic carbocycles. The summed E-state index contributed by atoms with van der Waals surface area (Å²) in [7, 11) is 3.32. The highest BCUT2D eigenvalue weighted by molar-refractivity contribution is 5.37. The molecule has 3 aromatic rings. The third kappa shape index (κ3) is 6.79. The molecule has 0 saturated carbocycles. The first-order valence-electron chi connectivity index (χ1n) is 9.84. The molecule has 0 unspecified atom stereocenters. The highest BCUT2D eigenvalue weighted by atomic mass is 16.5. The standard InChI is InChI=1S/C23H28N2O5/c1-26-11-13-28-21-7-3-5-19(15-21)17-25(23-24-9-10-30-23)18-20-6-4-8-22(16-20)29-14-12-27-2/h3-10,15-16H,11-14,17-18H2,1-2H3. The summed E-state index contributed by atoms with van der Waals surface area (Å²) in [6, 6.07) is 16.6. The monoisotopic (exact) mass is 412 g/mol. The molecule has 0 saturated heterocycles. The molecule has 7 heteroatoms. The molecule has 0 amide bonds. The minimum absolute atomic E-state index is 0.513. The maximum atomic E-state index is 5.73. The maximum absolute atomic E-state index is 5.73. The van der Waals surface area contributed by atoms with Crippen LogP contribution in [0.25, 0.3) is 0 Å². The minimum Gasteiger partial charge on any atom is -0.491 e. The van der Waals surface area contributed by atoms with Crippen LogP contribution >= 0.6 is 0 Å². The Labute approximate surface area is 177 Å². The number of methoxy groups -OCH3 is 2. The van der Waals surface area contributed by atoms with Gasteiger partial charge in [-0.15, -0.1) is 0 Å². The zero-order valence-corrected chi connectivity index (χ0v) is 17.5. The van der Waals surface area contributed by atoms with Crippen LogP contribution in [0.15, 0.2) is 65.4 Å². The Balaban J connectivity index is 1.70. The third-order valence-corrected chi connectivity index (χ3v) is 4.35.